The predicted molar refractivity (Wildman–Crippen MR) is 77.3 cm³/mol. The number of terminal acetylenes is 1. The fraction of sp³-hybridized carbons (Fsp3) is 0.400. The first-order valence-corrected chi connectivity index (χ1v) is 8.16. The first kappa shape index (κ1) is 16.3. The highest BCUT2D eigenvalue weighted by atomic mass is 32.2. The lowest BCUT2D eigenvalue weighted by Gasteiger charge is -2.12. The molecule has 0 radical (unpaired) electrons. The van der Waals surface area contributed by atoms with Gasteiger partial charge < -0.3 is 4.74 Å². The molecule has 0 saturated carbocycles. The standard InChI is InChI=1S/C15H18O4S/c1-5-7-11(3)19-15(16)13-9-8-12(6-2)14(10-13)20(4,17)18/h1,8-11H,6-7H2,2-4H3/t11-/m1/s1. The Morgan fingerprint density at radius 3 is 2.60 bits per heavy atom. The first-order chi connectivity index (χ1) is 9.29. The van der Waals surface area contributed by atoms with Gasteiger partial charge in [0, 0.05) is 12.7 Å². The lowest BCUT2D eigenvalue weighted by atomic mass is 10.1. The average Bonchev–Trinajstić information content (AvgIpc) is 2.37. The summed E-state index contributed by atoms with van der Waals surface area (Å²) in [5.74, 6) is 1.84. The number of sulfone groups is 1. The Morgan fingerprint density at radius 1 is 1.45 bits per heavy atom. The molecule has 0 amide bonds. The molecule has 0 N–H and O–H groups in total. The van der Waals surface area contributed by atoms with E-state index >= 15 is 0 Å². The molecule has 1 aromatic carbocycles. The third-order valence-corrected chi connectivity index (χ3v) is 3.98. The van der Waals surface area contributed by atoms with Gasteiger partial charge in [-0.2, -0.15) is 0 Å². The highest BCUT2D eigenvalue weighted by Crippen LogP contribution is 2.19. The quantitative estimate of drug-likeness (QED) is 0.617. The molecule has 108 valence electrons. The van der Waals surface area contributed by atoms with Crippen molar-refractivity contribution in [2.75, 3.05) is 6.26 Å². The summed E-state index contributed by atoms with van der Waals surface area (Å²) in [6.45, 7) is 3.55. The summed E-state index contributed by atoms with van der Waals surface area (Å²) in [6, 6.07) is 4.57. The van der Waals surface area contributed by atoms with Crippen molar-refractivity contribution in [1.29, 1.82) is 0 Å². The van der Waals surface area contributed by atoms with Crippen molar-refractivity contribution in [1.82, 2.24) is 0 Å². The van der Waals surface area contributed by atoms with Gasteiger partial charge in [0.25, 0.3) is 0 Å². The van der Waals surface area contributed by atoms with E-state index in [2.05, 4.69) is 5.92 Å². The number of carbonyl (C=O) groups excluding carboxylic acids is 1. The molecule has 0 aromatic heterocycles. The molecule has 1 aromatic rings. The normalized spacial score (nSPS) is 12.5. The Morgan fingerprint density at radius 2 is 2.10 bits per heavy atom. The van der Waals surface area contributed by atoms with Gasteiger partial charge in [-0.25, -0.2) is 13.2 Å². The molecule has 0 spiro atoms. The van der Waals surface area contributed by atoms with Crippen LogP contribution in [-0.4, -0.2) is 26.7 Å². The molecule has 0 aliphatic rings. The Balaban J connectivity index is 3.10. The Hall–Kier alpha value is -1.80. The SMILES string of the molecule is C#CC[C@@H](C)OC(=O)c1ccc(CC)c(S(C)(=O)=O)c1. The molecule has 4 nitrogen and oxygen atoms in total. The van der Waals surface area contributed by atoms with E-state index < -0.39 is 21.9 Å². The van der Waals surface area contributed by atoms with E-state index in [1.807, 2.05) is 6.92 Å². The summed E-state index contributed by atoms with van der Waals surface area (Å²) in [4.78, 5) is 12.1. The van der Waals surface area contributed by atoms with Crippen LogP contribution in [0.3, 0.4) is 0 Å². The number of carbonyl (C=O) groups is 1. The molecule has 0 bridgehead atoms. The number of aryl methyl sites for hydroxylation is 1. The monoisotopic (exact) mass is 294 g/mol. The van der Waals surface area contributed by atoms with Gasteiger partial charge in [0.2, 0.25) is 0 Å². The molecule has 1 rings (SSSR count). The molecular weight excluding hydrogens is 276 g/mol. The molecule has 0 heterocycles. The van der Waals surface area contributed by atoms with Crippen molar-refractivity contribution < 1.29 is 17.9 Å². The fourth-order valence-corrected chi connectivity index (χ4v) is 2.81. The summed E-state index contributed by atoms with van der Waals surface area (Å²) >= 11 is 0. The molecule has 20 heavy (non-hydrogen) atoms. The maximum atomic E-state index is 11.9. The first-order valence-electron chi connectivity index (χ1n) is 6.27. The van der Waals surface area contributed by atoms with Gasteiger partial charge in [0.1, 0.15) is 6.10 Å². The van der Waals surface area contributed by atoms with E-state index in [9.17, 15) is 13.2 Å². The maximum Gasteiger partial charge on any atom is 0.338 e. The zero-order chi connectivity index (χ0) is 15.3. The molecule has 0 fully saturated rings. The summed E-state index contributed by atoms with van der Waals surface area (Å²) in [6.07, 6.45) is 6.75. The largest absolute Gasteiger partial charge is 0.458 e. The minimum Gasteiger partial charge on any atom is -0.458 e. The van der Waals surface area contributed by atoms with E-state index in [1.54, 1.807) is 19.1 Å². The summed E-state index contributed by atoms with van der Waals surface area (Å²) in [7, 11) is -3.38. The van der Waals surface area contributed by atoms with Gasteiger partial charge in [-0.15, -0.1) is 12.3 Å². The van der Waals surface area contributed by atoms with E-state index in [4.69, 9.17) is 11.2 Å². The van der Waals surface area contributed by atoms with Crippen LogP contribution in [0.4, 0.5) is 0 Å². The highest BCUT2D eigenvalue weighted by Gasteiger charge is 2.17. The average molecular weight is 294 g/mol. The molecule has 0 aliphatic heterocycles. The van der Waals surface area contributed by atoms with Crippen molar-refractivity contribution in [3.05, 3.63) is 29.3 Å². The van der Waals surface area contributed by atoms with Crippen molar-refractivity contribution in [3.63, 3.8) is 0 Å². The fourth-order valence-electron chi connectivity index (χ4n) is 1.78. The van der Waals surface area contributed by atoms with Gasteiger partial charge in [-0.1, -0.05) is 13.0 Å². The van der Waals surface area contributed by atoms with Gasteiger partial charge in [0.15, 0.2) is 9.84 Å². The third kappa shape index (κ3) is 4.10. The molecule has 0 unspecified atom stereocenters. The smallest absolute Gasteiger partial charge is 0.338 e. The third-order valence-electron chi connectivity index (χ3n) is 2.80. The minimum absolute atomic E-state index is 0.166. The maximum absolute atomic E-state index is 11.9. The summed E-state index contributed by atoms with van der Waals surface area (Å²) < 4.78 is 28.6. The Bertz CT molecular complexity index is 638. The second kappa shape index (κ2) is 6.58. The van der Waals surface area contributed by atoms with Crippen molar-refractivity contribution in [3.8, 4) is 12.3 Å². The summed E-state index contributed by atoms with van der Waals surface area (Å²) in [5.41, 5.74) is 0.896. The second-order valence-electron chi connectivity index (χ2n) is 4.57. The topological polar surface area (TPSA) is 60.4 Å². The number of hydrogen-bond donors (Lipinski definition) is 0. The van der Waals surface area contributed by atoms with Crippen LogP contribution in [0, 0.1) is 12.3 Å². The second-order valence-corrected chi connectivity index (χ2v) is 6.56. The van der Waals surface area contributed by atoms with Gasteiger partial charge in [-0.3, -0.25) is 0 Å². The molecule has 0 saturated heterocycles. The number of hydrogen-bond acceptors (Lipinski definition) is 4. The van der Waals surface area contributed by atoms with Gasteiger partial charge >= 0.3 is 5.97 Å². The van der Waals surface area contributed by atoms with Crippen molar-refractivity contribution >= 4 is 15.8 Å². The van der Waals surface area contributed by atoms with E-state index in [1.165, 1.54) is 6.07 Å². The van der Waals surface area contributed by atoms with E-state index in [0.29, 0.717) is 18.4 Å². The number of esters is 1. The molecule has 5 heteroatoms. The van der Waals surface area contributed by atoms with Gasteiger partial charge in [0.05, 0.1) is 10.5 Å². The Kier molecular flexibility index (Phi) is 5.34. The molecular formula is C15H18O4S. The van der Waals surface area contributed by atoms with Crippen LogP contribution in [-0.2, 0) is 21.0 Å². The van der Waals surface area contributed by atoms with Gasteiger partial charge in [-0.05, 0) is 31.0 Å². The lowest BCUT2D eigenvalue weighted by Crippen LogP contribution is -2.15. The van der Waals surface area contributed by atoms with Crippen LogP contribution in [0.5, 0.6) is 0 Å². The predicted octanol–water partition coefficient (Wildman–Crippen LogP) is 2.22. The van der Waals surface area contributed by atoms with Crippen LogP contribution in [0.2, 0.25) is 0 Å². The van der Waals surface area contributed by atoms with Crippen LogP contribution >= 0.6 is 0 Å². The highest BCUT2D eigenvalue weighted by molar-refractivity contribution is 7.90. The Labute approximate surface area is 120 Å². The van der Waals surface area contributed by atoms with E-state index in [-0.39, 0.29) is 10.5 Å². The number of rotatable bonds is 5. The van der Waals surface area contributed by atoms with Crippen LogP contribution in [0.15, 0.2) is 23.1 Å². The zero-order valence-corrected chi connectivity index (χ0v) is 12.7. The minimum atomic E-state index is -3.38. The van der Waals surface area contributed by atoms with Crippen LogP contribution in [0.1, 0.15) is 36.2 Å². The zero-order valence-electron chi connectivity index (χ0n) is 11.8. The van der Waals surface area contributed by atoms with Crippen molar-refractivity contribution in [2.24, 2.45) is 0 Å². The van der Waals surface area contributed by atoms with Crippen molar-refractivity contribution in [2.45, 2.75) is 37.7 Å². The lowest BCUT2D eigenvalue weighted by molar-refractivity contribution is 0.0352. The molecule has 0 aliphatic carbocycles. The number of benzene rings is 1. The number of ether oxygens (including phenoxy) is 1. The van der Waals surface area contributed by atoms with E-state index in [0.717, 1.165) is 6.26 Å². The molecule has 1 atom stereocenters. The van der Waals surface area contributed by atoms with Crippen LogP contribution in [0.25, 0.3) is 0 Å². The van der Waals surface area contributed by atoms with Crippen LogP contribution < -0.4 is 0 Å². The summed E-state index contributed by atoms with van der Waals surface area (Å²) in [5, 5.41) is 0.